The largest absolute Gasteiger partial charge is 0.497 e. The van der Waals surface area contributed by atoms with Gasteiger partial charge in [0.25, 0.3) is 10.1 Å². The van der Waals surface area contributed by atoms with E-state index in [1.807, 2.05) is 60.7 Å². The Morgan fingerprint density at radius 3 is 1.19 bits per heavy atom. The minimum atomic E-state index is -4.96. The van der Waals surface area contributed by atoms with E-state index in [-0.39, 0.29) is 26.2 Å². The van der Waals surface area contributed by atoms with Gasteiger partial charge in [0.2, 0.25) is 19.7 Å². The lowest BCUT2D eigenvalue weighted by molar-refractivity contribution is -0.432. The van der Waals surface area contributed by atoms with Gasteiger partial charge >= 0.3 is 0 Å². The Labute approximate surface area is 396 Å². The summed E-state index contributed by atoms with van der Waals surface area (Å²) in [6.07, 6.45) is 0. The van der Waals surface area contributed by atoms with Crippen LogP contribution in [0.3, 0.4) is 0 Å². The Balaban J connectivity index is 0.880. The van der Waals surface area contributed by atoms with Crippen LogP contribution in [0, 0.1) is 6.92 Å². The predicted molar refractivity (Wildman–Crippen MR) is 252 cm³/mol. The van der Waals surface area contributed by atoms with Gasteiger partial charge in [0.1, 0.15) is 45.1 Å². The molecule has 0 atom stereocenters. The highest BCUT2D eigenvalue weighted by Crippen LogP contribution is 2.36. The summed E-state index contributed by atoms with van der Waals surface area (Å²) in [6, 6.07) is 48.4. The Bertz CT molecular complexity index is 3400. The molecule has 0 bridgehead atoms. The molecule has 18 heteroatoms. The number of methoxy groups -OCH3 is 1. The quantitative estimate of drug-likeness (QED) is 0.0378. The van der Waals surface area contributed by atoms with Crippen LogP contribution in [0.25, 0.3) is 22.3 Å². The third kappa shape index (κ3) is 10.9. The Hall–Kier alpha value is -7.00. The van der Waals surface area contributed by atoms with E-state index in [1.165, 1.54) is 42.5 Å². The second kappa shape index (κ2) is 20.1. The van der Waals surface area contributed by atoms with Crippen molar-refractivity contribution in [3.05, 3.63) is 188 Å². The van der Waals surface area contributed by atoms with Gasteiger partial charge in [-0.1, -0.05) is 59.6 Å². The molecule has 2 N–H and O–H groups in total. The van der Waals surface area contributed by atoms with E-state index in [4.69, 9.17) is 24.2 Å². The molecule has 0 amide bonds. The molecular weight excluding hydrogens is 953 g/mol. The summed E-state index contributed by atoms with van der Waals surface area (Å²) in [6.45, 7) is 1.67. The fourth-order valence-electron chi connectivity index (χ4n) is 6.81. The number of benzene rings is 8. The van der Waals surface area contributed by atoms with E-state index in [1.54, 1.807) is 74.7 Å². The zero-order valence-corrected chi connectivity index (χ0v) is 39.0. The molecule has 0 saturated carbocycles. The molecule has 14 nitrogen and oxygen atoms in total. The summed E-state index contributed by atoms with van der Waals surface area (Å²) in [7, 11) is -11.5. The number of sulfone groups is 2. The molecule has 0 aromatic heterocycles. The average Bonchev–Trinajstić information content (AvgIpc) is 3.34. The maximum Gasteiger partial charge on any atom is 0.298 e. The van der Waals surface area contributed by atoms with Gasteiger partial charge in [-0.3, -0.25) is 4.55 Å². The third-order valence-electron chi connectivity index (χ3n) is 10.4. The van der Waals surface area contributed by atoms with Crippen molar-refractivity contribution >= 4 is 41.8 Å². The van der Waals surface area contributed by atoms with Gasteiger partial charge in [0.05, 0.1) is 38.7 Å². The zero-order valence-electron chi connectivity index (χ0n) is 35.7. The molecule has 68 heavy (non-hydrogen) atoms. The lowest BCUT2D eigenvalue weighted by atomic mass is 10.1. The maximum atomic E-state index is 13.5. The maximum absolute atomic E-state index is 13.5. The molecule has 0 aliphatic carbocycles. The zero-order chi connectivity index (χ0) is 48.1. The van der Waals surface area contributed by atoms with Crippen molar-refractivity contribution in [2.24, 2.45) is 0 Å². The highest BCUT2D eigenvalue weighted by atomic mass is 32.2. The van der Waals surface area contributed by atoms with Gasteiger partial charge in [-0.15, -0.1) is 4.33 Å². The average molecular weight is 991 g/mol. The van der Waals surface area contributed by atoms with Crippen LogP contribution < -0.4 is 18.9 Å². The molecule has 0 aliphatic heterocycles. The van der Waals surface area contributed by atoms with E-state index in [9.17, 15) is 29.8 Å². The lowest BCUT2D eigenvalue weighted by Gasteiger charge is -2.13. The van der Waals surface area contributed by atoms with Gasteiger partial charge in [0.15, 0.2) is 0 Å². The topological polar surface area (TPSA) is 198 Å². The summed E-state index contributed by atoms with van der Waals surface area (Å²) in [5, 5.41) is 12.1. The van der Waals surface area contributed by atoms with Crippen LogP contribution in [0.2, 0.25) is 0 Å². The molecule has 8 aromatic carbocycles. The predicted octanol–water partition coefficient (Wildman–Crippen LogP) is 12.1. The van der Waals surface area contributed by atoms with Gasteiger partial charge < -0.3 is 18.9 Å². The fourth-order valence-corrected chi connectivity index (χ4v) is 10.6. The van der Waals surface area contributed by atoms with Crippen molar-refractivity contribution in [2.75, 3.05) is 7.11 Å². The minimum absolute atomic E-state index is 0.0876. The van der Waals surface area contributed by atoms with E-state index in [0.29, 0.717) is 45.5 Å². The third-order valence-corrected chi connectivity index (χ3v) is 15.6. The van der Waals surface area contributed by atoms with E-state index in [0.717, 1.165) is 46.2 Å². The number of aryl methyl sites for hydroxylation is 1. The first-order valence-electron chi connectivity index (χ1n) is 20.2. The first kappa shape index (κ1) is 47.5. The van der Waals surface area contributed by atoms with Crippen molar-refractivity contribution in [1.29, 1.82) is 0 Å². The molecule has 0 unspecified atom stereocenters. The van der Waals surface area contributed by atoms with Crippen LogP contribution in [-0.4, -0.2) is 42.2 Å². The first-order chi connectivity index (χ1) is 32.6. The van der Waals surface area contributed by atoms with Crippen molar-refractivity contribution in [2.45, 2.75) is 36.3 Å². The van der Waals surface area contributed by atoms with Gasteiger partial charge in [-0.05, 0) is 162 Å². The van der Waals surface area contributed by atoms with Crippen LogP contribution in [0.1, 0.15) is 5.56 Å². The Morgan fingerprint density at radius 2 is 0.779 bits per heavy atom. The number of hydrogen-bond acceptors (Lipinski definition) is 14. The smallest absolute Gasteiger partial charge is 0.298 e. The standard InChI is InChI=1S/C50H38O14S4/c1-33-3-24-46(31-49(33)65-64-63-51)67(54,55)47-29-30-48(50(32-47)68(56,57)58)62-43-18-10-37(11-19-43)36-8-16-40(17-9-36)61-42-22-27-45(28-23-42)66(52,53)44-25-20-41(21-26-44)60-39-14-6-35(7-15-39)34-4-12-38(59-2)13-5-34/h3-32,51H,1-2H3,(H,56,57,58). The number of rotatable bonds is 17. The molecule has 8 aromatic rings. The summed E-state index contributed by atoms with van der Waals surface area (Å²) in [4.78, 5) is -0.919. The molecule has 8 rings (SSSR count). The molecular formula is C50H38O14S4. The lowest BCUT2D eigenvalue weighted by Crippen LogP contribution is -2.07. The number of ether oxygens (including phenoxy) is 4. The first-order valence-corrected chi connectivity index (χ1v) is 25.3. The van der Waals surface area contributed by atoms with Gasteiger partial charge in [-0.2, -0.15) is 8.42 Å². The normalized spacial score (nSPS) is 11.8. The van der Waals surface area contributed by atoms with E-state index in [2.05, 4.69) is 9.37 Å². The van der Waals surface area contributed by atoms with Gasteiger partial charge in [0, 0.05) is 4.90 Å². The molecule has 0 heterocycles. The van der Waals surface area contributed by atoms with E-state index >= 15 is 0 Å². The second-order valence-electron chi connectivity index (χ2n) is 14.8. The SMILES string of the molecule is COc1ccc(-c2ccc(Oc3ccc(S(=O)(=O)c4ccc(Oc5ccc(-c6ccc(Oc7ccc(S(=O)(=O)c8ccc(C)c(SOOO)c8)cc7S(=O)(=O)O)cc6)cc5)cc4)cc3)cc2)cc1. The van der Waals surface area contributed by atoms with E-state index < -0.39 is 39.6 Å². The number of hydrogen-bond donors (Lipinski definition) is 2. The molecule has 0 spiro atoms. The Morgan fingerprint density at radius 1 is 0.426 bits per heavy atom. The summed E-state index contributed by atoms with van der Waals surface area (Å²) in [5.74, 6) is 2.64. The minimum Gasteiger partial charge on any atom is -0.497 e. The van der Waals surface area contributed by atoms with Crippen molar-refractivity contribution in [3.63, 3.8) is 0 Å². The summed E-state index contributed by atoms with van der Waals surface area (Å²) < 4.78 is 116. The Kier molecular flexibility index (Phi) is 14.0. The van der Waals surface area contributed by atoms with Crippen LogP contribution in [-0.2, 0) is 39.2 Å². The fraction of sp³-hybridized carbons (Fsp3) is 0.0400. The van der Waals surface area contributed by atoms with Crippen molar-refractivity contribution in [1.82, 2.24) is 0 Å². The van der Waals surface area contributed by atoms with Crippen LogP contribution in [0.5, 0.6) is 40.2 Å². The molecule has 346 valence electrons. The van der Waals surface area contributed by atoms with Crippen LogP contribution in [0.15, 0.2) is 211 Å². The molecule has 0 aliphatic rings. The van der Waals surface area contributed by atoms with Crippen molar-refractivity contribution < 1.29 is 63.4 Å². The molecule has 0 saturated heterocycles. The van der Waals surface area contributed by atoms with Crippen molar-refractivity contribution in [3.8, 4) is 62.5 Å². The van der Waals surface area contributed by atoms with Crippen LogP contribution in [0.4, 0.5) is 0 Å². The summed E-state index contributed by atoms with van der Waals surface area (Å²) >= 11 is 0.567. The second-order valence-corrected chi connectivity index (χ2v) is 20.8. The highest BCUT2D eigenvalue weighted by Gasteiger charge is 2.26. The monoisotopic (exact) mass is 990 g/mol. The molecule has 0 radical (unpaired) electrons. The molecule has 0 fully saturated rings. The van der Waals surface area contributed by atoms with Gasteiger partial charge in [-0.25, -0.2) is 22.1 Å². The van der Waals surface area contributed by atoms with Crippen LogP contribution >= 0.6 is 12.0 Å². The summed E-state index contributed by atoms with van der Waals surface area (Å²) in [5.41, 5.74) is 4.21. The highest BCUT2D eigenvalue weighted by molar-refractivity contribution is 7.94.